The summed E-state index contributed by atoms with van der Waals surface area (Å²) in [4.78, 5) is 22.2. The fraction of sp³-hybridized carbons (Fsp3) is 0.188. The van der Waals surface area contributed by atoms with E-state index in [0.717, 1.165) is 18.2 Å². The molecule has 8 nitrogen and oxygen atoms in total. The third-order valence-electron chi connectivity index (χ3n) is 3.19. The number of nitro groups is 1. The number of benzene rings is 2. The van der Waals surface area contributed by atoms with Crippen molar-refractivity contribution in [2.24, 2.45) is 0 Å². The summed E-state index contributed by atoms with van der Waals surface area (Å²) in [6.07, 6.45) is -4.82. The number of nitrogens with zero attached hydrogens (tertiary/aromatic N) is 1. The number of hydrogen-bond acceptors (Lipinski definition) is 6. The molecule has 0 aromatic heterocycles. The lowest BCUT2D eigenvalue weighted by Crippen LogP contribution is -2.22. The number of nitrogens with one attached hydrogen (secondary N) is 2. The van der Waals surface area contributed by atoms with Gasteiger partial charge in [0.1, 0.15) is 11.5 Å². The normalized spacial score (nSPS) is 10.8. The Labute approximate surface area is 151 Å². The molecule has 2 aromatic rings. The van der Waals surface area contributed by atoms with Crippen molar-refractivity contribution in [1.82, 2.24) is 0 Å². The Bertz CT molecular complexity index is 842. The third-order valence-corrected chi connectivity index (χ3v) is 3.19. The average Bonchev–Trinajstić information content (AvgIpc) is 2.59. The largest absolute Gasteiger partial charge is 0.573 e. The minimum atomic E-state index is -4.82. The van der Waals surface area contributed by atoms with Crippen LogP contribution in [0, 0.1) is 10.1 Å². The average molecular weight is 385 g/mol. The molecule has 0 fully saturated rings. The van der Waals surface area contributed by atoms with Crippen molar-refractivity contribution in [3.63, 3.8) is 0 Å². The molecule has 0 saturated carbocycles. The highest BCUT2D eigenvalue weighted by Gasteiger charge is 2.31. The Morgan fingerprint density at radius 2 is 1.96 bits per heavy atom. The van der Waals surface area contributed by atoms with Gasteiger partial charge in [0.05, 0.1) is 30.3 Å². The number of carbonyl (C=O) groups is 1. The summed E-state index contributed by atoms with van der Waals surface area (Å²) in [5, 5.41) is 15.9. The van der Waals surface area contributed by atoms with E-state index in [4.69, 9.17) is 4.74 Å². The van der Waals surface area contributed by atoms with Gasteiger partial charge in [-0.25, -0.2) is 0 Å². The van der Waals surface area contributed by atoms with Crippen LogP contribution in [0.3, 0.4) is 0 Å². The molecule has 11 heteroatoms. The number of methoxy groups -OCH3 is 1. The first kappa shape index (κ1) is 19.8. The van der Waals surface area contributed by atoms with Gasteiger partial charge in [-0.05, 0) is 18.2 Å². The first-order valence-electron chi connectivity index (χ1n) is 7.40. The maximum Gasteiger partial charge on any atom is 0.573 e. The summed E-state index contributed by atoms with van der Waals surface area (Å²) in [5.74, 6) is -0.868. The van der Waals surface area contributed by atoms with Crippen molar-refractivity contribution in [2.75, 3.05) is 24.3 Å². The van der Waals surface area contributed by atoms with Gasteiger partial charge in [-0.2, -0.15) is 0 Å². The fourth-order valence-corrected chi connectivity index (χ4v) is 2.08. The molecule has 0 saturated heterocycles. The van der Waals surface area contributed by atoms with Crippen molar-refractivity contribution >= 4 is 23.0 Å². The predicted molar refractivity (Wildman–Crippen MR) is 89.9 cm³/mol. The number of nitro benzene ring substituents is 1. The van der Waals surface area contributed by atoms with Crippen LogP contribution in [-0.4, -0.2) is 30.8 Å². The highest BCUT2D eigenvalue weighted by Crippen LogP contribution is 2.29. The first-order chi connectivity index (χ1) is 12.7. The third kappa shape index (κ3) is 6.06. The van der Waals surface area contributed by atoms with Gasteiger partial charge in [0.15, 0.2) is 0 Å². The van der Waals surface area contributed by atoms with E-state index < -0.39 is 22.9 Å². The van der Waals surface area contributed by atoms with Crippen molar-refractivity contribution in [3.05, 3.63) is 52.6 Å². The molecule has 2 aromatic carbocycles. The zero-order valence-corrected chi connectivity index (χ0v) is 13.9. The Balaban J connectivity index is 1.99. The molecule has 0 atom stereocenters. The van der Waals surface area contributed by atoms with Gasteiger partial charge in [-0.3, -0.25) is 14.9 Å². The predicted octanol–water partition coefficient (Wildman–Crippen LogP) is 3.55. The lowest BCUT2D eigenvalue weighted by Gasteiger charge is -2.12. The van der Waals surface area contributed by atoms with Crippen LogP contribution in [-0.2, 0) is 4.79 Å². The molecular weight excluding hydrogens is 371 g/mol. The molecule has 2 rings (SSSR count). The Hall–Kier alpha value is -3.50. The summed E-state index contributed by atoms with van der Waals surface area (Å²) < 4.78 is 45.4. The molecule has 0 radical (unpaired) electrons. The van der Waals surface area contributed by atoms with Gasteiger partial charge < -0.3 is 20.1 Å². The van der Waals surface area contributed by atoms with Crippen LogP contribution in [0.2, 0.25) is 0 Å². The number of halogens is 3. The van der Waals surface area contributed by atoms with Crippen LogP contribution in [0.1, 0.15) is 0 Å². The molecule has 0 spiro atoms. The van der Waals surface area contributed by atoms with Crippen molar-refractivity contribution in [1.29, 1.82) is 0 Å². The number of carbonyl (C=O) groups excluding carboxylic acids is 1. The minimum absolute atomic E-state index is 0.0955. The zero-order valence-electron chi connectivity index (χ0n) is 13.9. The molecule has 144 valence electrons. The highest BCUT2D eigenvalue weighted by molar-refractivity contribution is 5.95. The minimum Gasteiger partial charge on any atom is -0.494 e. The van der Waals surface area contributed by atoms with Crippen molar-refractivity contribution in [3.8, 4) is 11.5 Å². The Morgan fingerprint density at radius 1 is 1.22 bits per heavy atom. The van der Waals surface area contributed by atoms with Gasteiger partial charge in [0, 0.05) is 17.8 Å². The number of amides is 1. The second-order valence-electron chi connectivity index (χ2n) is 5.12. The summed E-state index contributed by atoms with van der Waals surface area (Å²) in [6, 6.07) is 8.68. The van der Waals surface area contributed by atoms with Crippen molar-refractivity contribution in [2.45, 2.75) is 6.36 Å². The molecule has 2 N–H and O–H groups in total. The number of non-ortho nitro benzene ring substituents is 1. The number of rotatable bonds is 7. The molecule has 0 aliphatic rings. The number of anilines is 2. The van der Waals surface area contributed by atoms with Crippen LogP contribution < -0.4 is 20.1 Å². The smallest absolute Gasteiger partial charge is 0.494 e. The second kappa shape index (κ2) is 8.25. The molecular formula is C16H14F3N3O5. The van der Waals surface area contributed by atoms with E-state index in [1.165, 1.54) is 31.4 Å². The van der Waals surface area contributed by atoms with E-state index >= 15 is 0 Å². The van der Waals surface area contributed by atoms with Gasteiger partial charge in [0.25, 0.3) is 5.69 Å². The molecule has 0 bridgehead atoms. The lowest BCUT2D eigenvalue weighted by atomic mass is 10.2. The standard InChI is InChI=1S/C16H14F3N3O5/c1-26-14-8-11(22(24)25)5-6-13(14)21-15(23)9-20-10-3-2-4-12(7-10)27-16(17,18)19/h2-8,20H,9H2,1H3,(H,21,23). The summed E-state index contributed by atoms with van der Waals surface area (Å²) >= 11 is 0. The van der Waals surface area contributed by atoms with E-state index in [9.17, 15) is 28.1 Å². The van der Waals surface area contributed by atoms with Gasteiger partial charge in [0.2, 0.25) is 5.91 Å². The monoisotopic (exact) mass is 385 g/mol. The van der Waals surface area contributed by atoms with Gasteiger partial charge in [-0.15, -0.1) is 13.2 Å². The maximum absolute atomic E-state index is 12.2. The van der Waals surface area contributed by atoms with Crippen LogP contribution in [0.5, 0.6) is 11.5 Å². The molecule has 27 heavy (non-hydrogen) atoms. The molecule has 0 aliphatic carbocycles. The number of hydrogen-bond donors (Lipinski definition) is 2. The zero-order chi connectivity index (χ0) is 20.0. The van der Waals surface area contributed by atoms with E-state index in [-0.39, 0.29) is 29.4 Å². The van der Waals surface area contributed by atoms with Crippen LogP contribution >= 0.6 is 0 Å². The number of alkyl halides is 3. The second-order valence-corrected chi connectivity index (χ2v) is 5.12. The fourth-order valence-electron chi connectivity index (χ4n) is 2.08. The SMILES string of the molecule is COc1cc([N+](=O)[O-])ccc1NC(=O)CNc1cccc(OC(F)(F)F)c1. The summed E-state index contributed by atoms with van der Waals surface area (Å²) in [7, 11) is 1.29. The quantitative estimate of drug-likeness (QED) is 0.558. The number of ether oxygens (including phenoxy) is 2. The van der Waals surface area contributed by atoms with Crippen LogP contribution in [0.25, 0.3) is 0 Å². The van der Waals surface area contributed by atoms with Gasteiger partial charge in [-0.1, -0.05) is 6.07 Å². The van der Waals surface area contributed by atoms with E-state index in [0.29, 0.717) is 0 Å². The molecule has 0 unspecified atom stereocenters. The van der Waals surface area contributed by atoms with E-state index in [1.54, 1.807) is 0 Å². The Morgan fingerprint density at radius 3 is 2.59 bits per heavy atom. The Kier molecular flexibility index (Phi) is 6.06. The molecule has 1 amide bonds. The maximum atomic E-state index is 12.2. The summed E-state index contributed by atoms with van der Waals surface area (Å²) in [5.41, 5.74) is 0.246. The van der Waals surface area contributed by atoms with Gasteiger partial charge >= 0.3 is 6.36 Å². The molecule has 0 aliphatic heterocycles. The first-order valence-corrected chi connectivity index (χ1v) is 7.40. The molecule has 0 heterocycles. The van der Waals surface area contributed by atoms with Crippen LogP contribution in [0.4, 0.5) is 30.2 Å². The lowest BCUT2D eigenvalue weighted by molar-refractivity contribution is -0.384. The summed E-state index contributed by atoms with van der Waals surface area (Å²) in [6.45, 7) is -0.268. The van der Waals surface area contributed by atoms with Crippen molar-refractivity contribution < 1.29 is 32.4 Å². The highest BCUT2D eigenvalue weighted by atomic mass is 19.4. The van der Waals surface area contributed by atoms with Crippen LogP contribution in [0.15, 0.2) is 42.5 Å². The van der Waals surface area contributed by atoms with E-state index in [1.807, 2.05) is 0 Å². The van der Waals surface area contributed by atoms with E-state index in [2.05, 4.69) is 15.4 Å². The topological polar surface area (TPSA) is 103 Å².